The van der Waals surface area contributed by atoms with Crippen LogP contribution in [0.15, 0.2) is 48.9 Å². The molecule has 0 aliphatic carbocycles. The van der Waals surface area contributed by atoms with E-state index in [1.54, 1.807) is 24.5 Å². The van der Waals surface area contributed by atoms with Crippen LogP contribution in [0, 0.1) is 0 Å². The summed E-state index contributed by atoms with van der Waals surface area (Å²) >= 11 is 5.82. The van der Waals surface area contributed by atoms with Crippen LogP contribution in [0.1, 0.15) is 21.7 Å². The van der Waals surface area contributed by atoms with Gasteiger partial charge in [-0.1, -0.05) is 11.6 Å². The summed E-state index contributed by atoms with van der Waals surface area (Å²) in [6, 6.07) is 8.78. The van der Waals surface area contributed by atoms with Crippen molar-refractivity contribution < 1.29 is 4.79 Å². The summed E-state index contributed by atoms with van der Waals surface area (Å²) in [7, 11) is 0. The number of Topliss-reactive ketones (excluding diaryl/α,β-unsaturated/α-hetero) is 1. The molecule has 0 atom stereocenters. The molecule has 0 aliphatic heterocycles. The Morgan fingerprint density at radius 3 is 2.73 bits per heavy atom. The van der Waals surface area contributed by atoms with Crippen molar-refractivity contribution in [3.63, 3.8) is 0 Å². The Labute approximate surface area is 155 Å². The van der Waals surface area contributed by atoms with Crippen molar-refractivity contribution in [3.05, 3.63) is 70.9 Å². The number of aromatic nitrogens is 3. The first kappa shape index (κ1) is 17.6. The van der Waals surface area contributed by atoms with Gasteiger partial charge in [-0.25, -0.2) is 9.97 Å². The minimum atomic E-state index is -0.180. The van der Waals surface area contributed by atoms with Crippen LogP contribution in [0.2, 0.25) is 5.02 Å². The van der Waals surface area contributed by atoms with Gasteiger partial charge in [-0.3, -0.25) is 9.78 Å². The maximum Gasteiger partial charge on any atom is 0.187 e. The number of carbonyl (C=O) groups excluding carboxylic acids is 1. The summed E-state index contributed by atoms with van der Waals surface area (Å²) in [5.74, 6) is 0.240. The maximum atomic E-state index is 12.4. The van der Waals surface area contributed by atoms with Crippen LogP contribution in [0.25, 0.3) is 0 Å². The standard InChI is InChI=1S/C18H17ClN6O/c19-12-8-14(20)17(25-9-12)16(26)7-11-3-5-22-13(6-11)10-24-15-2-1-4-23-18(15)21/h1-6,8-9,24H,7,10,20H2,(H2,21,23). The third-order valence-corrected chi connectivity index (χ3v) is 3.90. The van der Waals surface area contributed by atoms with Gasteiger partial charge in [0, 0.05) is 25.0 Å². The molecule has 0 saturated carbocycles. The molecule has 0 aromatic carbocycles. The van der Waals surface area contributed by atoms with Crippen LogP contribution in [0.4, 0.5) is 17.2 Å². The van der Waals surface area contributed by atoms with E-state index in [2.05, 4.69) is 20.3 Å². The lowest BCUT2D eigenvalue weighted by molar-refractivity contribution is 0.0989. The van der Waals surface area contributed by atoms with Crippen molar-refractivity contribution in [2.45, 2.75) is 13.0 Å². The number of pyridine rings is 3. The molecule has 3 aromatic heterocycles. The van der Waals surface area contributed by atoms with Gasteiger partial charge in [0.15, 0.2) is 5.78 Å². The summed E-state index contributed by atoms with van der Waals surface area (Å²) in [5.41, 5.74) is 14.4. The molecule has 0 fully saturated rings. The predicted molar refractivity (Wildman–Crippen MR) is 102 cm³/mol. The predicted octanol–water partition coefficient (Wildman–Crippen LogP) is 2.73. The molecule has 8 heteroatoms. The van der Waals surface area contributed by atoms with E-state index >= 15 is 0 Å². The molecule has 26 heavy (non-hydrogen) atoms. The molecular formula is C18H17ClN6O. The molecule has 0 spiro atoms. The number of rotatable bonds is 6. The zero-order chi connectivity index (χ0) is 18.5. The smallest absolute Gasteiger partial charge is 0.187 e. The Hall–Kier alpha value is -3.19. The van der Waals surface area contributed by atoms with Crippen molar-refractivity contribution in [3.8, 4) is 0 Å². The topological polar surface area (TPSA) is 120 Å². The summed E-state index contributed by atoms with van der Waals surface area (Å²) in [6.45, 7) is 0.458. The molecule has 132 valence electrons. The first-order chi connectivity index (χ1) is 12.5. The number of ketones is 1. The second-order valence-electron chi connectivity index (χ2n) is 5.64. The molecule has 5 N–H and O–H groups in total. The minimum Gasteiger partial charge on any atom is -0.397 e. The van der Waals surface area contributed by atoms with Gasteiger partial charge < -0.3 is 16.8 Å². The summed E-state index contributed by atoms with van der Waals surface area (Å²) in [6.07, 6.45) is 4.86. The molecule has 0 bridgehead atoms. The number of hydrogen-bond donors (Lipinski definition) is 3. The van der Waals surface area contributed by atoms with E-state index in [0.29, 0.717) is 17.4 Å². The second-order valence-corrected chi connectivity index (χ2v) is 6.07. The first-order valence-corrected chi connectivity index (χ1v) is 8.23. The Balaban J connectivity index is 1.69. The number of hydrogen-bond acceptors (Lipinski definition) is 7. The van der Waals surface area contributed by atoms with Crippen molar-refractivity contribution in [1.82, 2.24) is 15.0 Å². The van der Waals surface area contributed by atoms with Gasteiger partial charge in [0.1, 0.15) is 11.5 Å². The lowest BCUT2D eigenvalue weighted by Gasteiger charge is -2.09. The number of nitrogen functional groups attached to an aromatic ring is 2. The number of carbonyl (C=O) groups is 1. The molecule has 0 saturated heterocycles. The quantitative estimate of drug-likeness (QED) is 0.572. The average Bonchev–Trinajstić information content (AvgIpc) is 2.61. The van der Waals surface area contributed by atoms with Crippen molar-refractivity contribution in [1.29, 1.82) is 0 Å². The number of nitrogens with zero attached hydrogens (tertiary/aromatic N) is 3. The highest BCUT2D eigenvalue weighted by Gasteiger charge is 2.13. The SMILES string of the molecule is Nc1cc(Cl)cnc1C(=O)Cc1ccnc(CNc2cccnc2N)c1. The largest absolute Gasteiger partial charge is 0.397 e. The summed E-state index contributed by atoms with van der Waals surface area (Å²) in [4.78, 5) is 24.8. The Morgan fingerprint density at radius 1 is 1.12 bits per heavy atom. The van der Waals surface area contributed by atoms with Crippen molar-refractivity contribution >= 4 is 34.6 Å². The molecule has 0 unspecified atom stereocenters. The maximum absolute atomic E-state index is 12.4. The second kappa shape index (κ2) is 7.79. The van der Waals surface area contributed by atoms with E-state index in [9.17, 15) is 4.79 Å². The average molecular weight is 369 g/mol. The Morgan fingerprint density at radius 2 is 1.96 bits per heavy atom. The highest BCUT2D eigenvalue weighted by molar-refractivity contribution is 6.30. The Kier molecular flexibility index (Phi) is 5.28. The number of nitrogens with two attached hydrogens (primary N) is 2. The number of halogens is 1. The van der Waals surface area contributed by atoms with Crippen molar-refractivity contribution in [2.75, 3.05) is 16.8 Å². The van der Waals surface area contributed by atoms with Gasteiger partial charge in [0.25, 0.3) is 0 Å². The summed E-state index contributed by atoms with van der Waals surface area (Å²) < 4.78 is 0. The van der Waals surface area contributed by atoms with Gasteiger partial charge in [-0.2, -0.15) is 0 Å². The summed E-state index contributed by atoms with van der Waals surface area (Å²) in [5, 5.41) is 3.57. The van der Waals surface area contributed by atoms with Gasteiger partial charge in [-0.05, 0) is 35.9 Å². The third-order valence-electron chi connectivity index (χ3n) is 3.69. The van der Waals surface area contributed by atoms with Crippen LogP contribution in [-0.2, 0) is 13.0 Å². The normalized spacial score (nSPS) is 10.5. The monoisotopic (exact) mass is 368 g/mol. The molecule has 3 heterocycles. The fourth-order valence-electron chi connectivity index (χ4n) is 2.44. The Bertz CT molecular complexity index is 946. The van der Waals surface area contributed by atoms with E-state index in [1.807, 2.05) is 12.1 Å². The molecule has 7 nitrogen and oxygen atoms in total. The van der Waals surface area contributed by atoms with Crippen LogP contribution in [0.3, 0.4) is 0 Å². The first-order valence-electron chi connectivity index (χ1n) is 7.85. The van der Waals surface area contributed by atoms with Crippen LogP contribution >= 0.6 is 11.6 Å². The van der Waals surface area contributed by atoms with E-state index in [0.717, 1.165) is 16.9 Å². The lowest BCUT2D eigenvalue weighted by atomic mass is 10.1. The fourth-order valence-corrected chi connectivity index (χ4v) is 2.61. The van der Waals surface area contributed by atoms with Crippen molar-refractivity contribution in [2.24, 2.45) is 0 Å². The van der Waals surface area contributed by atoms with E-state index < -0.39 is 0 Å². The highest BCUT2D eigenvalue weighted by Crippen LogP contribution is 2.18. The van der Waals surface area contributed by atoms with E-state index in [1.165, 1.54) is 12.3 Å². The van der Waals surface area contributed by atoms with Gasteiger partial charge in [0.2, 0.25) is 0 Å². The van der Waals surface area contributed by atoms with E-state index in [4.69, 9.17) is 23.1 Å². The third kappa shape index (κ3) is 4.25. The highest BCUT2D eigenvalue weighted by atomic mass is 35.5. The number of anilines is 3. The number of nitrogens with one attached hydrogen (secondary N) is 1. The van der Waals surface area contributed by atoms with Gasteiger partial charge >= 0.3 is 0 Å². The van der Waals surface area contributed by atoms with Crippen LogP contribution in [0.5, 0.6) is 0 Å². The zero-order valence-corrected chi connectivity index (χ0v) is 14.6. The molecular weight excluding hydrogens is 352 g/mol. The lowest BCUT2D eigenvalue weighted by Crippen LogP contribution is -2.10. The van der Waals surface area contributed by atoms with E-state index in [-0.39, 0.29) is 23.6 Å². The molecule has 3 rings (SSSR count). The van der Waals surface area contributed by atoms with Gasteiger partial charge in [0.05, 0.1) is 28.6 Å². The molecule has 0 amide bonds. The molecule has 0 aliphatic rings. The van der Waals surface area contributed by atoms with Gasteiger partial charge in [-0.15, -0.1) is 0 Å². The zero-order valence-electron chi connectivity index (χ0n) is 13.8. The van der Waals surface area contributed by atoms with Crippen LogP contribution in [-0.4, -0.2) is 20.7 Å². The molecule has 0 radical (unpaired) electrons. The van der Waals surface area contributed by atoms with Crippen LogP contribution < -0.4 is 16.8 Å². The fraction of sp³-hybridized carbons (Fsp3) is 0.111. The molecule has 3 aromatic rings. The minimum absolute atomic E-state index is 0.170.